The highest BCUT2D eigenvalue weighted by Gasteiger charge is 2.41. The second kappa shape index (κ2) is 10.0. The molecular weight excluding hydrogens is 452 g/mol. The van der Waals surface area contributed by atoms with Gasteiger partial charge in [-0.3, -0.25) is 9.59 Å². The Morgan fingerprint density at radius 1 is 1.41 bits per heavy atom. The number of nitrogens with zero attached hydrogens (tertiary/aromatic N) is 1. The van der Waals surface area contributed by atoms with Gasteiger partial charge in [0.05, 0.1) is 16.5 Å². The molecule has 3 rings (SSSR count). The lowest BCUT2D eigenvalue weighted by atomic mass is 9.93. The fourth-order valence-corrected chi connectivity index (χ4v) is 5.89. The number of benzene rings is 1. The molecule has 1 aliphatic carbocycles. The fourth-order valence-electron chi connectivity index (χ4n) is 3.86. The maximum absolute atomic E-state index is 13.3. The van der Waals surface area contributed by atoms with Gasteiger partial charge in [0.25, 0.3) is 5.91 Å². The molecule has 5 nitrogen and oxygen atoms in total. The highest BCUT2D eigenvalue weighted by molar-refractivity contribution is 9.10. The summed E-state index contributed by atoms with van der Waals surface area (Å²) in [5, 5.41) is 3.35. The zero-order valence-electron chi connectivity index (χ0n) is 17.2. The van der Waals surface area contributed by atoms with Crippen LogP contribution in [0.2, 0.25) is 0 Å². The molecule has 7 heteroatoms. The Kier molecular flexibility index (Phi) is 7.68. The monoisotopic (exact) mass is 480 g/mol. The maximum atomic E-state index is 13.3. The molecule has 2 fully saturated rings. The van der Waals surface area contributed by atoms with Crippen molar-refractivity contribution >= 4 is 45.6 Å². The molecule has 1 saturated carbocycles. The Morgan fingerprint density at radius 3 is 2.86 bits per heavy atom. The van der Waals surface area contributed by atoms with E-state index in [0.717, 1.165) is 41.5 Å². The van der Waals surface area contributed by atoms with Crippen molar-refractivity contribution in [3.05, 3.63) is 33.1 Å². The summed E-state index contributed by atoms with van der Waals surface area (Å²) in [6, 6.07) is 6.04. The summed E-state index contributed by atoms with van der Waals surface area (Å²) < 4.78 is 6.14. The predicted molar refractivity (Wildman–Crippen MR) is 122 cm³/mol. The summed E-state index contributed by atoms with van der Waals surface area (Å²) in [4.78, 5) is 28.4. The van der Waals surface area contributed by atoms with Gasteiger partial charge in [0.2, 0.25) is 5.91 Å². The van der Waals surface area contributed by atoms with E-state index in [2.05, 4.69) is 21.2 Å². The molecule has 1 aromatic rings. The van der Waals surface area contributed by atoms with Crippen LogP contribution in [0.4, 0.5) is 0 Å². The van der Waals surface area contributed by atoms with E-state index in [-0.39, 0.29) is 30.4 Å². The third-order valence-corrected chi connectivity index (χ3v) is 7.64. The average Bonchev–Trinajstić information content (AvgIpc) is 2.71. The van der Waals surface area contributed by atoms with Crippen LogP contribution in [-0.2, 0) is 9.59 Å². The summed E-state index contributed by atoms with van der Waals surface area (Å²) in [7, 11) is 1.63. The summed E-state index contributed by atoms with van der Waals surface area (Å²) in [5.41, 5.74) is 0.937. The molecule has 158 valence electrons. The van der Waals surface area contributed by atoms with Gasteiger partial charge in [0, 0.05) is 17.3 Å². The molecule has 1 heterocycles. The van der Waals surface area contributed by atoms with Crippen molar-refractivity contribution in [3.63, 3.8) is 0 Å². The number of methoxy groups -OCH3 is 1. The van der Waals surface area contributed by atoms with Crippen LogP contribution in [0.3, 0.4) is 0 Å². The maximum Gasteiger partial charge on any atom is 0.261 e. The Hall–Kier alpha value is -1.47. The Labute approximate surface area is 185 Å². The fraction of sp³-hybridized carbons (Fsp3) is 0.545. The van der Waals surface area contributed by atoms with Gasteiger partial charge in [-0.05, 0) is 65.9 Å². The van der Waals surface area contributed by atoms with Crippen molar-refractivity contribution in [2.45, 2.75) is 63.3 Å². The highest BCUT2D eigenvalue weighted by Crippen LogP contribution is 2.42. The van der Waals surface area contributed by atoms with E-state index in [4.69, 9.17) is 4.74 Å². The molecule has 1 saturated heterocycles. The summed E-state index contributed by atoms with van der Waals surface area (Å²) >= 11 is 5.18. The van der Waals surface area contributed by atoms with Gasteiger partial charge >= 0.3 is 0 Å². The third-order valence-electron chi connectivity index (χ3n) is 5.63. The van der Waals surface area contributed by atoms with Gasteiger partial charge in [-0.1, -0.05) is 25.8 Å². The molecule has 1 aromatic carbocycles. The van der Waals surface area contributed by atoms with Crippen molar-refractivity contribution in [1.29, 1.82) is 0 Å². The minimum atomic E-state index is -0.0736. The number of rotatable bonds is 6. The predicted octanol–water partition coefficient (Wildman–Crippen LogP) is 4.60. The number of carbonyl (C=O) groups is 2. The van der Waals surface area contributed by atoms with Gasteiger partial charge in [0.1, 0.15) is 12.3 Å². The molecule has 0 aromatic heterocycles. The van der Waals surface area contributed by atoms with Crippen molar-refractivity contribution in [1.82, 2.24) is 10.2 Å². The van der Waals surface area contributed by atoms with E-state index in [1.807, 2.05) is 43.0 Å². The minimum absolute atomic E-state index is 0.0376. The van der Waals surface area contributed by atoms with E-state index < -0.39 is 0 Å². The van der Waals surface area contributed by atoms with Gasteiger partial charge in [-0.2, -0.15) is 0 Å². The van der Waals surface area contributed by atoms with Crippen LogP contribution < -0.4 is 10.1 Å². The summed E-state index contributed by atoms with van der Waals surface area (Å²) in [6.45, 7) is 4.16. The minimum Gasteiger partial charge on any atom is -0.496 e. The van der Waals surface area contributed by atoms with Crippen LogP contribution >= 0.6 is 27.7 Å². The molecule has 3 atom stereocenters. The number of halogens is 1. The highest BCUT2D eigenvalue weighted by atomic mass is 79.9. The topological polar surface area (TPSA) is 58.6 Å². The first-order valence-corrected chi connectivity index (χ1v) is 11.9. The van der Waals surface area contributed by atoms with E-state index in [1.165, 1.54) is 6.42 Å². The van der Waals surface area contributed by atoms with E-state index in [1.54, 1.807) is 18.9 Å². The molecule has 3 unspecified atom stereocenters. The lowest BCUT2D eigenvalue weighted by molar-refractivity contribution is -0.135. The second-order valence-electron chi connectivity index (χ2n) is 7.72. The lowest BCUT2D eigenvalue weighted by Crippen LogP contribution is -2.54. The number of thioether (sulfide) groups is 1. The van der Waals surface area contributed by atoms with Crippen molar-refractivity contribution in [2.24, 2.45) is 0 Å². The van der Waals surface area contributed by atoms with Gasteiger partial charge in [-0.25, -0.2) is 0 Å². The van der Waals surface area contributed by atoms with Crippen LogP contribution in [-0.4, -0.2) is 47.7 Å². The average molecular weight is 481 g/mol. The van der Waals surface area contributed by atoms with E-state index in [0.29, 0.717) is 10.2 Å². The number of nitrogens with one attached hydrogen (secondary N) is 1. The second-order valence-corrected chi connectivity index (χ2v) is 9.86. The van der Waals surface area contributed by atoms with Gasteiger partial charge in [-0.15, -0.1) is 11.8 Å². The van der Waals surface area contributed by atoms with Gasteiger partial charge < -0.3 is 15.0 Å². The SMILES string of the molecule is CCC(C)NC(=O)CN1C(=O)/C(=C\c2ccc(OC)c(Br)c2)SC2CCCCC21. The number of hydrogen-bond donors (Lipinski definition) is 1. The zero-order chi connectivity index (χ0) is 21.0. The third kappa shape index (κ3) is 5.37. The van der Waals surface area contributed by atoms with Crippen LogP contribution in [0.15, 0.2) is 27.6 Å². The van der Waals surface area contributed by atoms with Crippen LogP contribution in [0, 0.1) is 0 Å². The first kappa shape index (κ1) is 22.2. The number of fused-ring (bicyclic) bond motifs is 1. The Bertz CT molecular complexity index is 798. The number of amides is 2. The van der Waals surface area contributed by atoms with E-state index >= 15 is 0 Å². The molecule has 0 radical (unpaired) electrons. The molecule has 0 bridgehead atoms. The zero-order valence-corrected chi connectivity index (χ0v) is 19.6. The standard InChI is InChI=1S/C22H29BrN2O3S/c1-4-14(2)24-21(26)13-25-17-7-5-6-8-19(17)29-20(22(25)27)12-15-9-10-18(28-3)16(23)11-15/h9-12,14,17,19H,4-8,13H2,1-3H3,(H,24,26)/b20-12+. The largest absolute Gasteiger partial charge is 0.496 e. The smallest absolute Gasteiger partial charge is 0.261 e. The van der Waals surface area contributed by atoms with Crippen molar-refractivity contribution < 1.29 is 14.3 Å². The Balaban J connectivity index is 1.84. The Morgan fingerprint density at radius 2 is 2.17 bits per heavy atom. The first-order valence-electron chi connectivity index (χ1n) is 10.2. The summed E-state index contributed by atoms with van der Waals surface area (Å²) in [5.74, 6) is 0.644. The van der Waals surface area contributed by atoms with E-state index in [9.17, 15) is 9.59 Å². The molecule has 29 heavy (non-hydrogen) atoms. The molecule has 1 N–H and O–H groups in total. The van der Waals surface area contributed by atoms with Crippen molar-refractivity contribution in [2.75, 3.05) is 13.7 Å². The molecule has 1 aliphatic heterocycles. The number of hydrogen-bond acceptors (Lipinski definition) is 4. The molecular formula is C22H29BrN2O3S. The molecule has 0 spiro atoms. The van der Waals surface area contributed by atoms with Gasteiger partial charge in [0.15, 0.2) is 0 Å². The first-order chi connectivity index (χ1) is 13.9. The lowest BCUT2D eigenvalue weighted by Gasteiger charge is -2.44. The molecule has 2 aliphatic rings. The quantitative estimate of drug-likeness (QED) is 0.604. The van der Waals surface area contributed by atoms with Crippen LogP contribution in [0.5, 0.6) is 5.75 Å². The normalized spacial score (nSPS) is 24.2. The summed E-state index contributed by atoms with van der Waals surface area (Å²) in [6.07, 6.45) is 7.15. The van der Waals surface area contributed by atoms with Crippen molar-refractivity contribution in [3.8, 4) is 5.75 Å². The number of ether oxygens (including phenoxy) is 1. The number of carbonyl (C=O) groups excluding carboxylic acids is 2. The molecule has 2 amide bonds. The van der Waals surface area contributed by atoms with Crippen LogP contribution in [0.25, 0.3) is 6.08 Å². The van der Waals surface area contributed by atoms with Crippen LogP contribution in [0.1, 0.15) is 51.5 Å².